The highest BCUT2D eigenvalue weighted by Gasteiger charge is 2.21. The zero-order valence-corrected chi connectivity index (χ0v) is 52.7. The maximum atomic E-state index is 2.39. The third-order valence-corrected chi connectivity index (χ3v) is 18.8. The quantitative estimate of drug-likeness (QED) is 0.121. The molecule has 0 aliphatic rings. The molecule has 0 aliphatic heterocycles. The van der Waals surface area contributed by atoms with Crippen LogP contribution < -0.4 is 9.80 Å². The first kappa shape index (κ1) is 57.2. The number of benzene rings is 16. The van der Waals surface area contributed by atoms with Gasteiger partial charge in [0.05, 0.1) is 22.1 Å². The lowest BCUT2D eigenvalue weighted by Gasteiger charge is -2.26. The maximum Gasteiger partial charge on any atom is 0.0547 e. The highest BCUT2D eigenvalue weighted by Crippen LogP contribution is 2.45. The van der Waals surface area contributed by atoms with Crippen LogP contribution in [-0.2, 0) is 0 Å². The molecule has 18 rings (SSSR count). The molecule has 16 aromatic carbocycles. The molecule has 452 valence electrons. The molecule has 2 aromatic heterocycles. The lowest BCUT2D eigenvalue weighted by Crippen LogP contribution is -2.09. The minimum absolute atomic E-state index is 1.11. The molecular formula is C92H64N4. The average molecular weight is 1230 g/mol. The molecule has 96 heavy (non-hydrogen) atoms. The minimum atomic E-state index is 1.11. The van der Waals surface area contributed by atoms with Crippen LogP contribution in [0.3, 0.4) is 0 Å². The smallest absolute Gasteiger partial charge is 0.0547 e. The lowest BCUT2D eigenvalue weighted by atomic mass is 10.0. The lowest BCUT2D eigenvalue weighted by molar-refractivity contribution is 1.18. The molecule has 0 aliphatic carbocycles. The molecule has 0 saturated heterocycles. The van der Waals surface area contributed by atoms with Crippen molar-refractivity contribution in [1.29, 1.82) is 0 Å². The zero-order valence-electron chi connectivity index (χ0n) is 52.7. The van der Waals surface area contributed by atoms with Gasteiger partial charge in [-0.05, 0) is 187 Å². The van der Waals surface area contributed by atoms with Crippen LogP contribution in [0, 0.1) is 0 Å². The van der Waals surface area contributed by atoms with Crippen LogP contribution in [0.5, 0.6) is 0 Å². The van der Waals surface area contributed by atoms with Crippen molar-refractivity contribution in [1.82, 2.24) is 9.13 Å². The van der Waals surface area contributed by atoms with Crippen LogP contribution in [0.15, 0.2) is 388 Å². The van der Waals surface area contributed by atoms with E-state index in [-0.39, 0.29) is 0 Å². The van der Waals surface area contributed by atoms with E-state index in [1.165, 1.54) is 115 Å². The van der Waals surface area contributed by atoms with Crippen LogP contribution in [0.25, 0.3) is 121 Å². The summed E-state index contributed by atoms with van der Waals surface area (Å²) < 4.78 is 4.77. The molecule has 0 N–H and O–H groups in total. The monoisotopic (exact) mass is 1220 g/mol. The van der Waals surface area contributed by atoms with Crippen molar-refractivity contribution in [3.05, 3.63) is 388 Å². The second-order valence-corrected chi connectivity index (χ2v) is 24.4. The maximum absolute atomic E-state index is 2.39. The van der Waals surface area contributed by atoms with Crippen molar-refractivity contribution in [3.63, 3.8) is 0 Å². The Hall–Kier alpha value is -12.8. The van der Waals surface area contributed by atoms with E-state index >= 15 is 0 Å². The van der Waals surface area contributed by atoms with Gasteiger partial charge in [-0.2, -0.15) is 0 Å². The molecule has 0 spiro atoms. The van der Waals surface area contributed by atoms with Crippen molar-refractivity contribution in [2.24, 2.45) is 0 Å². The molecule has 18 aromatic rings. The van der Waals surface area contributed by atoms with Gasteiger partial charge >= 0.3 is 0 Å². The normalized spacial score (nSPS) is 11.3. The standard InChI is InChI=1S/2C46H32N2/c1-4-12-33(13-5-1)35-20-26-39(27-21-35)47(40-28-22-36(23-29-40)34-14-6-2-7-15-34)41-30-24-37-25-31-45-46(43(37)32-41)42-18-10-11-19-44(42)48(45)38-16-8-3-9-17-38;1-4-12-33(13-5-1)35-20-25-39(26-21-35)47(40-27-22-36(23-28-40)34-14-6-2-7-15-34)41-29-30-42-37(32-41)24-31-45-46(42)43-18-10-11-19-44(43)48(45)38-16-8-3-9-17-38/h2*1-32H. The van der Waals surface area contributed by atoms with Crippen LogP contribution >= 0.6 is 0 Å². The number of rotatable bonds is 12. The molecule has 4 nitrogen and oxygen atoms in total. The Labute approximate surface area is 559 Å². The largest absolute Gasteiger partial charge is 0.310 e. The van der Waals surface area contributed by atoms with Crippen LogP contribution in [0.4, 0.5) is 34.1 Å². The molecular weight excluding hydrogens is 1160 g/mol. The Morgan fingerprint density at radius 2 is 0.448 bits per heavy atom. The first-order chi connectivity index (χ1) is 47.6. The van der Waals surface area contributed by atoms with Gasteiger partial charge in [-0.25, -0.2) is 0 Å². The predicted octanol–water partition coefficient (Wildman–Crippen LogP) is 25.5. The second kappa shape index (κ2) is 25.0. The molecule has 2 heterocycles. The van der Waals surface area contributed by atoms with E-state index in [0.29, 0.717) is 0 Å². The van der Waals surface area contributed by atoms with Crippen molar-refractivity contribution < 1.29 is 0 Å². The molecule has 4 heteroatoms. The van der Waals surface area contributed by atoms with E-state index in [9.17, 15) is 0 Å². The van der Waals surface area contributed by atoms with Gasteiger partial charge in [-0.3, -0.25) is 0 Å². The van der Waals surface area contributed by atoms with Crippen molar-refractivity contribution in [3.8, 4) is 55.9 Å². The minimum Gasteiger partial charge on any atom is -0.310 e. The van der Waals surface area contributed by atoms with Gasteiger partial charge in [0.15, 0.2) is 0 Å². The summed E-state index contributed by atoms with van der Waals surface area (Å²) in [6, 6.07) is 140. The molecule has 0 radical (unpaired) electrons. The zero-order chi connectivity index (χ0) is 63.7. The van der Waals surface area contributed by atoms with E-state index in [1.807, 2.05) is 0 Å². The molecule has 0 bridgehead atoms. The summed E-state index contributed by atoms with van der Waals surface area (Å²) in [5.41, 5.74) is 23.5. The SMILES string of the molecule is c1ccc(-c2ccc(N(c3ccc(-c4ccccc4)cc3)c3ccc4c(ccc5c4c4ccccc4n5-c4ccccc4)c3)cc2)cc1.c1ccc(-c2ccc(N(c3ccc(-c4ccccc4)cc3)c3ccc4ccc5c(c4c3)c3ccccc3n5-c3ccccc3)cc2)cc1. The van der Waals surface area contributed by atoms with Gasteiger partial charge in [0.2, 0.25) is 0 Å². The Balaban J connectivity index is 0.000000145. The third-order valence-electron chi connectivity index (χ3n) is 18.8. The summed E-state index contributed by atoms with van der Waals surface area (Å²) in [5.74, 6) is 0. The van der Waals surface area contributed by atoms with Gasteiger partial charge in [0.25, 0.3) is 0 Å². The first-order valence-electron chi connectivity index (χ1n) is 32.9. The molecule has 0 saturated carbocycles. The van der Waals surface area contributed by atoms with E-state index in [4.69, 9.17) is 0 Å². The summed E-state index contributed by atoms with van der Waals surface area (Å²) in [6.07, 6.45) is 0. The fraction of sp³-hybridized carbons (Fsp3) is 0. The van der Waals surface area contributed by atoms with Crippen LogP contribution in [0.2, 0.25) is 0 Å². The number of nitrogens with zero attached hydrogens (tertiary/aromatic N) is 4. The van der Waals surface area contributed by atoms with Crippen LogP contribution in [0.1, 0.15) is 0 Å². The summed E-state index contributed by atoms with van der Waals surface area (Å²) >= 11 is 0. The average Bonchev–Trinajstić information content (AvgIpc) is 1.51. The summed E-state index contributed by atoms with van der Waals surface area (Å²) in [6.45, 7) is 0. The van der Waals surface area contributed by atoms with Crippen molar-refractivity contribution >= 4 is 99.3 Å². The van der Waals surface area contributed by atoms with Gasteiger partial charge < -0.3 is 18.9 Å². The number of para-hydroxylation sites is 4. The van der Waals surface area contributed by atoms with Gasteiger partial charge in [0, 0.05) is 67.0 Å². The highest BCUT2D eigenvalue weighted by atomic mass is 15.1. The van der Waals surface area contributed by atoms with E-state index in [0.717, 1.165) is 39.8 Å². The molecule has 0 fully saturated rings. The summed E-state index contributed by atoms with van der Waals surface area (Å²) in [7, 11) is 0. The van der Waals surface area contributed by atoms with Crippen molar-refractivity contribution in [2.75, 3.05) is 9.80 Å². The fourth-order valence-corrected chi connectivity index (χ4v) is 14.2. The van der Waals surface area contributed by atoms with Gasteiger partial charge in [0.1, 0.15) is 0 Å². The van der Waals surface area contributed by atoms with Gasteiger partial charge in [-0.1, -0.05) is 267 Å². The van der Waals surface area contributed by atoms with Crippen LogP contribution in [-0.4, -0.2) is 9.13 Å². The Morgan fingerprint density at radius 3 is 0.833 bits per heavy atom. The number of hydrogen-bond donors (Lipinski definition) is 0. The fourth-order valence-electron chi connectivity index (χ4n) is 14.2. The number of anilines is 6. The first-order valence-corrected chi connectivity index (χ1v) is 32.9. The van der Waals surface area contributed by atoms with Crippen molar-refractivity contribution in [2.45, 2.75) is 0 Å². The Morgan fingerprint density at radius 1 is 0.167 bits per heavy atom. The summed E-state index contributed by atoms with van der Waals surface area (Å²) in [5, 5.41) is 9.99. The number of fused-ring (bicyclic) bond motifs is 10. The second-order valence-electron chi connectivity index (χ2n) is 24.4. The molecule has 0 unspecified atom stereocenters. The highest BCUT2D eigenvalue weighted by molar-refractivity contribution is 6.23. The van der Waals surface area contributed by atoms with E-state index in [1.54, 1.807) is 0 Å². The van der Waals surface area contributed by atoms with E-state index < -0.39 is 0 Å². The third kappa shape index (κ3) is 10.7. The Bertz CT molecular complexity index is 5590. The predicted molar refractivity (Wildman–Crippen MR) is 408 cm³/mol. The van der Waals surface area contributed by atoms with E-state index in [2.05, 4.69) is 407 Å². The number of aromatic nitrogens is 2. The molecule has 0 atom stereocenters. The number of hydrogen-bond acceptors (Lipinski definition) is 2. The topological polar surface area (TPSA) is 16.3 Å². The molecule has 0 amide bonds. The Kier molecular flexibility index (Phi) is 14.9. The summed E-state index contributed by atoms with van der Waals surface area (Å²) in [4.78, 5) is 4.73. The van der Waals surface area contributed by atoms with Gasteiger partial charge in [-0.15, -0.1) is 0 Å².